The van der Waals surface area contributed by atoms with Gasteiger partial charge in [-0.25, -0.2) is 9.79 Å². The lowest BCUT2D eigenvalue weighted by atomic mass is 9.95. The Morgan fingerprint density at radius 1 is 1.19 bits per heavy atom. The molecule has 0 unspecified atom stereocenters. The van der Waals surface area contributed by atoms with Gasteiger partial charge in [-0.2, -0.15) is 5.26 Å². The molecule has 0 N–H and O–H groups in total. The molecule has 11 heteroatoms. The summed E-state index contributed by atoms with van der Waals surface area (Å²) in [6.07, 6.45) is 1.78. The summed E-state index contributed by atoms with van der Waals surface area (Å²) in [7, 11) is 0. The second kappa shape index (κ2) is 11.9. The van der Waals surface area contributed by atoms with Crippen molar-refractivity contribution in [1.82, 2.24) is 4.57 Å². The summed E-state index contributed by atoms with van der Waals surface area (Å²) in [5.41, 5.74) is 3.28. The molecule has 1 aromatic heterocycles. The molecule has 3 aromatic carbocycles. The van der Waals surface area contributed by atoms with E-state index >= 15 is 0 Å². The largest absolute Gasteiger partial charge is 0.488 e. The van der Waals surface area contributed by atoms with Crippen LogP contribution in [-0.4, -0.2) is 23.9 Å². The lowest BCUT2D eigenvalue weighted by Gasteiger charge is -2.24. The minimum absolute atomic E-state index is 0.105. The molecule has 0 aliphatic carbocycles. The number of ether oxygens (including phenoxy) is 4. The molecule has 2 aliphatic heterocycles. The third-order valence-electron chi connectivity index (χ3n) is 7.00. The highest BCUT2D eigenvalue weighted by Gasteiger charge is 2.34. The molecule has 43 heavy (non-hydrogen) atoms. The molecule has 6 rings (SSSR count). The van der Waals surface area contributed by atoms with Crippen LogP contribution >= 0.6 is 27.3 Å². The molecule has 1 atom stereocenters. The van der Waals surface area contributed by atoms with E-state index in [2.05, 4.69) is 27.0 Å². The van der Waals surface area contributed by atoms with Crippen molar-refractivity contribution >= 4 is 39.3 Å². The number of thiazole rings is 1. The van der Waals surface area contributed by atoms with Crippen molar-refractivity contribution in [3.8, 4) is 23.3 Å². The van der Waals surface area contributed by atoms with Gasteiger partial charge in [0.1, 0.15) is 12.4 Å². The molecule has 9 nitrogen and oxygen atoms in total. The summed E-state index contributed by atoms with van der Waals surface area (Å²) in [5.74, 6) is 1.21. The van der Waals surface area contributed by atoms with Crippen molar-refractivity contribution in [3.05, 3.63) is 118 Å². The zero-order valence-corrected chi connectivity index (χ0v) is 25.5. The van der Waals surface area contributed by atoms with Crippen LogP contribution in [0.5, 0.6) is 17.2 Å². The molecule has 4 aromatic rings. The first-order valence-corrected chi connectivity index (χ1v) is 15.0. The summed E-state index contributed by atoms with van der Waals surface area (Å²) in [4.78, 5) is 32.2. The zero-order chi connectivity index (χ0) is 30.1. The smallest absolute Gasteiger partial charge is 0.338 e. The fraction of sp³-hybridized carbons (Fsp3) is 0.188. The number of esters is 1. The van der Waals surface area contributed by atoms with Gasteiger partial charge >= 0.3 is 5.97 Å². The van der Waals surface area contributed by atoms with Crippen molar-refractivity contribution in [2.45, 2.75) is 26.5 Å². The average molecular weight is 659 g/mol. The molecule has 0 spiro atoms. The van der Waals surface area contributed by atoms with Crippen LogP contribution in [0.4, 0.5) is 0 Å². The third-order valence-corrected chi connectivity index (χ3v) is 8.61. The SMILES string of the molecule is CCOC(=O)C1=C(C)N=c2s/c(=C/c3ccc(OCc4ccccc4C#N)c(Br)c3)c(=O)n2[C@@H]1c1ccc2c(c1)OCO2. The van der Waals surface area contributed by atoms with Gasteiger partial charge in [0.05, 0.1) is 44.6 Å². The van der Waals surface area contributed by atoms with Crippen LogP contribution in [0.1, 0.15) is 42.1 Å². The molecular formula is C32H24BrN3O6S. The van der Waals surface area contributed by atoms with Crippen LogP contribution in [-0.2, 0) is 16.1 Å². The Morgan fingerprint density at radius 3 is 2.79 bits per heavy atom. The van der Waals surface area contributed by atoms with Crippen molar-refractivity contribution in [3.63, 3.8) is 0 Å². The normalized spacial score (nSPS) is 15.5. The standard InChI is InChI=1S/C32H24BrN3O6S/c1-3-39-31(38)28-18(2)35-32-36(29(28)20-9-11-25-26(14-20)42-17-41-25)30(37)27(43-32)13-19-8-10-24(23(33)12-19)40-16-22-7-5-4-6-21(22)15-34/h4-14,29H,3,16-17H2,1-2H3/b27-13+/t29-/m1/s1. The highest BCUT2D eigenvalue weighted by Crippen LogP contribution is 2.38. The first-order valence-electron chi connectivity index (χ1n) is 13.4. The first-order chi connectivity index (χ1) is 20.9. The molecule has 0 fully saturated rings. The van der Waals surface area contributed by atoms with E-state index in [4.69, 9.17) is 18.9 Å². The minimum atomic E-state index is -0.759. The van der Waals surface area contributed by atoms with Gasteiger partial charge in [0.25, 0.3) is 5.56 Å². The first kappa shape index (κ1) is 28.5. The lowest BCUT2D eigenvalue weighted by molar-refractivity contribution is -0.139. The maximum atomic E-state index is 13.9. The number of allylic oxidation sites excluding steroid dienone is 1. The zero-order valence-electron chi connectivity index (χ0n) is 23.1. The van der Waals surface area contributed by atoms with Crippen molar-refractivity contribution in [2.75, 3.05) is 13.4 Å². The molecule has 0 bridgehead atoms. The fourth-order valence-corrected chi connectivity index (χ4v) is 6.53. The summed E-state index contributed by atoms with van der Waals surface area (Å²) in [5, 5.41) is 9.34. The van der Waals surface area contributed by atoms with Gasteiger partial charge in [0.2, 0.25) is 6.79 Å². The van der Waals surface area contributed by atoms with E-state index in [0.717, 1.165) is 11.1 Å². The van der Waals surface area contributed by atoms with Crippen LogP contribution in [0.25, 0.3) is 6.08 Å². The van der Waals surface area contributed by atoms with Gasteiger partial charge < -0.3 is 18.9 Å². The van der Waals surface area contributed by atoms with Crippen molar-refractivity contribution in [2.24, 2.45) is 4.99 Å². The Bertz CT molecular complexity index is 2020. The maximum absolute atomic E-state index is 13.9. The number of halogens is 1. The second-order valence-corrected chi connectivity index (χ2v) is 11.5. The number of nitrogens with zero attached hydrogens (tertiary/aromatic N) is 3. The van der Waals surface area contributed by atoms with E-state index in [1.165, 1.54) is 15.9 Å². The number of carbonyl (C=O) groups is 1. The number of nitriles is 1. The predicted molar refractivity (Wildman–Crippen MR) is 163 cm³/mol. The van der Waals surface area contributed by atoms with Crippen molar-refractivity contribution in [1.29, 1.82) is 5.26 Å². The highest BCUT2D eigenvalue weighted by atomic mass is 79.9. The average Bonchev–Trinajstić information content (AvgIpc) is 3.59. The number of aromatic nitrogens is 1. The van der Waals surface area contributed by atoms with E-state index in [0.29, 0.717) is 53.5 Å². The maximum Gasteiger partial charge on any atom is 0.338 e. The molecule has 216 valence electrons. The molecule has 0 saturated carbocycles. The fourth-order valence-electron chi connectivity index (χ4n) is 4.98. The number of hydrogen-bond acceptors (Lipinski definition) is 9. The van der Waals surface area contributed by atoms with E-state index < -0.39 is 12.0 Å². The lowest BCUT2D eigenvalue weighted by Crippen LogP contribution is -2.39. The Morgan fingerprint density at radius 2 is 2.00 bits per heavy atom. The quantitative estimate of drug-likeness (QED) is 0.264. The van der Waals surface area contributed by atoms with Crippen LogP contribution < -0.4 is 29.1 Å². The summed E-state index contributed by atoms with van der Waals surface area (Å²) < 4.78 is 25.1. The molecule has 0 radical (unpaired) electrons. The molecule has 0 amide bonds. The van der Waals surface area contributed by atoms with Crippen LogP contribution in [0.2, 0.25) is 0 Å². The van der Waals surface area contributed by atoms with Gasteiger partial charge in [-0.05, 0) is 77.3 Å². The number of benzene rings is 3. The number of rotatable bonds is 7. The summed E-state index contributed by atoms with van der Waals surface area (Å²) in [6.45, 7) is 4.01. The number of hydrogen-bond donors (Lipinski definition) is 0. The van der Waals surface area contributed by atoms with Crippen LogP contribution in [0.15, 0.2) is 86.2 Å². The Labute approximate surface area is 258 Å². The Kier molecular flexibility index (Phi) is 7.88. The van der Waals surface area contributed by atoms with E-state index in [1.54, 1.807) is 44.2 Å². The molecule has 0 saturated heterocycles. The predicted octanol–water partition coefficient (Wildman–Crippen LogP) is 4.74. The van der Waals surface area contributed by atoms with Gasteiger partial charge in [0.15, 0.2) is 16.3 Å². The van der Waals surface area contributed by atoms with Crippen LogP contribution in [0, 0.1) is 11.3 Å². The number of fused-ring (bicyclic) bond motifs is 2. The van der Waals surface area contributed by atoms with Gasteiger partial charge in [0, 0.05) is 5.56 Å². The van der Waals surface area contributed by atoms with E-state index in [-0.39, 0.29) is 25.6 Å². The molecular weight excluding hydrogens is 634 g/mol. The van der Waals surface area contributed by atoms with E-state index in [1.807, 2.05) is 36.4 Å². The molecule has 3 heterocycles. The topological polar surface area (TPSA) is 112 Å². The van der Waals surface area contributed by atoms with Gasteiger partial charge in [-0.15, -0.1) is 0 Å². The second-order valence-electron chi connectivity index (χ2n) is 9.66. The Hall–Kier alpha value is -4.66. The van der Waals surface area contributed by atoms with Crippen LogP contribution in [0.3, 0.4) is 0 Å². The monoisotopic (exact) mass is 657 g/mol. The van der Waals surface area contributed by atoms with Gasteiger partial charge in [-0.3, -0.25) is 9.36 Å². The molecule has 2 aliphatic rings. The van der Waals surface area contributed by atoms with Gasteiger partial charge in [-0.1, -0.05) is 41.7 Å². The number of carbonyl (C=O) groups excluding carboxylic acids is 1. The van der Waals surface area contributed by atoms with Crippen molar-refractivity contribution < 1.29 is 23.7 Å². The van der Waals surface area contributed by atoms with E-state index in [9.17, 15) is 14.9 Å². The summed E-state index contributed by atoms with van der Waals surface area (Å²) >= 11 is 4.81. The minimum Gasteiger partial charge on any atom is -0.488 e. The Balaban J connectivity index is 1.37. The highest BCUT2D eigenvalue weighted by molar-refractivity contribution is 9.10. The third kappa shape index (κ3) is 5.47. The summed E-state index contributed by atoms with van der Waals surface area (Å²) in [6, 6.07) is 19.6.